The summed E-state index contributed by atoms with van der Waals surface area (Å²) in [6.45, 7) is 0. The molecule has 1 rings (SSSR count). The third-order valence-electron chi connectivity index (χ3n) is 2.06. The summed E-state index contributed by atoms with van der Waals surface area (Å²) in [5, 5.41) is -0.246. The lowest BCUT2D eigenvalue weighted by Gasteiger charge is -2.26. The average molecular weight is 339 g/mol. The van der Waals surface area contributed by atoms with Crippen molar-refractivity contribution in [2.24, 2.45) is 5.73 Å². The van der Waals surface area contributed by atoms with Crippen LogP contribution in [0.1, 0.15) is 11.6 Å². The first kappa shape index (κ1) is 14.7. The maximum Gasteiger partial charge on any atom is 0.455 e. The van der Waals surface area contributed by atoms with Crippen LogP contribution < -0.4 is 5.73 Å². The van der Waals surface area contributed by atoms with Gasteiger partial charge in [-0.15, -0.1) is 0 Å². The second kappa shape index (κ2) is 4.70. The second-order valence-electron chi connectivity index (χ2n) is 3.26. The van der Waals surface area contributed by atoms with Crippen LogP contribution in [0.4, 0.5) is 22.0 Å². The van der Waals surface area contributed by atoms with Gasteiger partial charge in [-0.1, -0.05) is 27.5 Å². The molecular formula is C9H6BrClF5N. The van der Waals surface area contributed by atoms with Crippen LogP contribution in [-0.2, 0) is 0 Å². The highest BCUT2D eigenvalue weighted by atomic mass is 79.9. The summed E-state index contributed by atoms with van der Waals surface area (Å²) in [7, 11) is 0. The summed E-state index contributed by atoms with van der Waals surface area (Å²) >= 11 is 8.49. The number of benzene rings is 1. The van der Waals surface area contributed by atoms with E-state index in [1.165, 1.54) is 12.1 Å². The minimum atomic E-state index is -5.72. The van der Waals surface area contributed by atoms with Crippen molar-refractivity contribution in [3.8, 4) is 0 Å². The van der Waals surface area contributed by atoms with Gasteiger partial charge in [0.05, 0.1) is 0 Å². The van der Waals surface area contributed by atoms with Crippen LogP contribution in [0.25, 0.3) is 0 Å². The number of hydrogen-bond donors (Lipinski definition) is 1. The van der Waals surface area contributed by atoms with Crippen molar-refractivity contribution in [1.82, 2.24) is 0 Å². The molecule has 0 radical (unpaired) electrons. The molecule has 8 heteroatoms. The van der Waals surface area contributed by atoms with Gasteiger partial charge in [0.1, 0.15) is 6.04 Å². The Hall–Kier alpha value is -0.400. The molecule has 0 spiro atoms. The average Bonchev–Trinajstić information content (AvgIpc) is 2.19. The highest BCUT2D eigenvalue weighted by Gasteiger charge is 2.62. The van der Waals surface area contributed by atoms with E-state index in [-0.39, 0.29) is 5.02 Å². The molecule has 96 valence electrons. The molecule has 0 amide bonds. The first-order valence-electron chi connectivity index (χ1n) is 4.22. The summed E-state index contributed by atoms with van der Waals surface area (Å²) in [5.74, 6) is -5.04. The van der Waals surface area contributed by atoms with Crippen molar-refractivity contribution in [2.45, 2.75) is 18.1 Å². The van der Waals surface area contributed by atoms with Gasteiger partial charge in [-0.05, 0) is 23.8 Å². The highest BCUT2D eigenvalue weighted by Crippen LogP contribution is 2.44. The summed E-state index contributed by atoms with van der Waals surface area (Å²) in [6.07, 6.45) is -5.72. The second-order valence-corrected chi connectivity index (χ2v) is 4.59. The van der Waals surface area contributed by atoms with Gasteiger partial charge in [0.2, 0.25) is 0 Å². The summed E-state index contributed by atoms with van der Waals surface area (Å²) in [5.41, 5.74) is 4.48. The van der Waals surface area contributed by atoms with Gasteiger partial charge in [-0.25, -0.2) is 0 Å². The van der Waals surface area contributed by atoms with Crippen molar-refractivity contribution in [3.05, 3.63) is 33.3 Å². The van der Waals surface area contributed by atoms with Crippen LogP contribution in [0, 0.1) is 0 Å². The number of nitrogens with two attached hydrogens (primary N) is 1. The van der Waals surface area contributed by atoms with Gasteiger partial charge < -0.3 is 5.73 Å². The number of hydrogen-bond acceptors (Lipinski definition) is 1. The topological polar surface area (TPSA) is 26.0 Å². The standard InChI is InChI=1S/C9H6BrClF5N/c10-4-1-2-6(11)5(3-4)7(17)8(12,13)9(14,15)16/h1-3,7H,17H2/t7-/m0/s1. The van der Waals surface area contributed by atoms with Crippen LogP contribution in [-0.4, -0.2) is 12.1 Å². The molecule has 0 aliphatic rings. The Labute approximate surface area is 107 Å². The minimum absolute atomic E-state index is 0.246. The summed E-state index contributed by atoms with van der Waals surface area (Å²) in [4.78, 5) is 0. The van der Waals surface area contributed by atoms with Crippen LogP contribution in [0.3, 0.4) is 0 Å². The molecular weight excluding hydrogens is 332 g/mol. The molecule has 0 aliphatic heterocycles. The fraction of sp³-hybridized carbons (Fsp3) is 0.333. The van der Waals surface area contributed by atoms with Gasteiger partial charge in [0.25, 0.3) is 0 Å². The lowest BCUT2D eigenvalue weighted by Crippen LogP contribution is -2.45. The van der Waals surface area contributed by atoms with Gasteiger partial charge in [-0.3, -0.25) is 0 Å². The van der Waals surface area contributed by atoms with Crippen molar-refractivity contribution in [3.63, 3.8) is 0 Å². The Morgan fingerprint density at radius 1 is 1.18 bits per heavy atom. The van der Waals surface area contributed by atoms with E-state index in [9.17, 15) is 22.0 Å². The molecule has 0 saturated carbocycles. The van der Waals surface area contributed by atoms with Crippen molar-refractivity contribution >= 4 is 27.5 Å². The maximum atomic E-state index is 13.0. The highest BCUT2D eigenvalue weighted by molar-refractivity contribution is 9.10. The van der Waals surface area contributed by atoms with Crippen molar-refractivity contribution < 1.29 is 22.0 Å². The molecule has 1 nitrogen and oxygen atoms in total. The SMILES string of the molecule is N[C@@H](c1cc(Br)ccc1Cl)C(F)(F)C(F)(F)F. The van der Waals surface area contributed by atoms with E-state index in [1.54, 1.807) is 0 Å². The third-order valence-corrected chi connectivity index (χ3v) is 2.90. The molecule has 0 bridgehead atoms. The summed E-state index contributed by atoms with van der Waals surface area (Å²) < 4.78 is 62.7. The number of rotatable bonds is 2. The van der Waals surface area contributed by atoms with Gasteiger partial charge in [0.15, 0.2) is 0 Å². The predicted octanol–water partition coefficient (Wildman–Crippen LogP) is 4.30. The van der Waals surface area contributed by atoms with Crippen LogP contribution in [0.5, 0.6) is 0 Å². The fourth-order valence-electron chi connectivity index (χ4n) is 1.12. The van der Waals surface area contributed by atoms with Gasteiger partial charge in [-0.2, -0.15) is 22.0 Å². The maximum absolute atomic E-state index is 13.0. The van der Waals surface area contributed by atoms with E-state index < -0.39 is 23.7 Å². The van der Waals surface area contributed by atoms with E-state index in [1.807, 2.05) is 0 Å². The first-order valence-corrected chi connectivity index (χ1v) is 5.39. The van der Waals surface area contributed by atoms with E-state index >= 15 is 0 Å². The number of halogens is 7. The zero-order valence-electron chi connectivity index (χ0n) is 8.03. The molecule has 0 unspecified atom stereocenters. The smallest absolute Gasteiger partial charge is 0.319 e. The van der Waals surface area contributed by atoms with E-state index in [2.05, 4.69) is 15.9 Å². The van der Waals surface area contributed by atoms with Gasteiger partial charge >= 0.3 is 12.1 Å². The normalized spacial score (nSPS) is 14.8. The Bertz CT molecular complexity index is 420. The Balaban J connectivity index is 3.21. The van der Waals surface area contributed by atoms with E-state index in [0.29, 0.717) is 4.47 Å². The van der Waals surface area contributed by atoms with E-state index in [4.69, 9.17) is 17.3 Å². The Kier molecular flexibility index (Phi) is 4.05. The molecule has 0 aromatic heterocycles. The quantitative estimate of drug-likeness (QED) is 0.800. The molecule has 17 heavy (non-hydrogen) atoms. The molecule has 0 fully saturated rings. The Morgan fingerprint density at radius 3 is 2.18 bits per heavy atom. The predicted molar refractivity (Wildman–Crippen MR) is 57.1 cm³/mol. The lowest BCUT2D eigenvalue weighted by atomic mass is 10.0. The van der Waals surface area contributed by atoms with Crippen molar-refractivity contribution in [1.29, 1.82) is 0 Å². The molecule has 0 saturated heterocycles. The third kappa shape index (κ3) is 2.89. The first-order chi connectivity index (χ1) is 7.57. The van der Waals surface area contributed by atoms with Crippen LogP contribution in [0.15, 0.2) is 22.7 Å². The lowest BCUT2D eigenvalue weighted by molar-refractivity contribution is -0.290. The van der Waals surface area contributed by atoms with E-state index in [0.717, 1.165) is 6.07 Å². The van der Waals surface area contributed by atoms with Crippen LogP contribution in [0.2, 0.25) is 5.02 Å². The fourth-order valence-corrected chi connectivity index (χ4v) is 1.74. The van der Waals surface area contributed by atoms with Crippen LogP contribution >= 0.6 is 27.5 Å². The van der Waals surface area contributed by atoms with Crippen molar-refractivity contribution in [2.75, 3.05) is 0 Å². The summed E-state index contributed by atoms with van der Waals surface area (Å²) in [6, 6.07) is 1.08. The monoisotopic (exact) mass is 337 g/mol. The molecule has 0 heterocycles. The zero-order valence-corrected chi connectivity index (χ0v) is 10.4. The molecule has 1 aromatic rings. The minimum Gasteiger partial charge on any atom is -0.319 e. The zero-order chi connectivity index (χ0) is 13.4. The molecule has 0 aliphatic carbocycles. The molecule has 2 N–H and O–H groups in total. The molecule has 1 atom stereocenters. The largest absolute Gasteiger partial charge is 0.455 e. The Morgan fingerprint density at radius 2 is 1.71 bits per heavy atom. The number of alkyl halides is 5. The molecule has 1 aromatic carbocycles. The van der Waals surface area contributed by atoms with Gasteiger partial charge in [0, 0.05) is 9.50 Å².